The molecule has 0 atom stereocenters. The van der Waals surface area contributed by atoms with E-state index in [4.69, 9.17) is 23.2 Å². The van der Waals surface area contributed by atoms with Crippen LogP contribution in [0.15, 0.2) is 30.7 Å². The van der Waals surface area contributed by atoms with Gasteiger partial charge in [0.05, 0.1) is 18.6 Å². The Bertz CT molecular complexity index is 529. The molecule has 0 saturated heterocycles. The zero-order valence-corrected chi connectivity index (χ0v) is 12.5. The minimum atomic E-state index is 0.447. The molecule has 0 bridgehead atoms. The summed E-state index contributed by atoms with van der Waals surface area (Å²) in [6.07, 6.45) is 3.81. The molecule has 1 aromatic carbocycles. The molecule has 0 aliphatic carbocycles. The van der Waals surface area contributed by atoms with Gasteiger partial charge in [0.25, 0.3) is 0 Å². The topological polar surface area (TPSA) is 29.9 Å². The lowest BCUT2D eigenvalue weighted by Crippen LogP contribution is -2.21. The van der Waals surface area contributed by atoms with Gasteiger partial charge in [0, 0.05) is 34.4 Å². The second-order valence-electron chi connectivity index (χ2n) is 4.77. The van der Waals surface area contributed by atoms with Crippen molar-refractivity contribution in [3.05, 3.63) is 52.0 Å². The summed E-state index contributed by atoms with van der Waals surface area (Å²) in [5.74, 6) is 0. The lowest BCUT2D eigenvalue weighted by molar-refractivity contribution is 0.582. The largest absolute Gasteiger partial charge is 0.333 e. The molecule has 0 unspecified atom stereocenters. The summed E-state index contributed by atoms with van der Waals surface area (Å²) < 4.78 is 1.99. The summed E-state index contributed by atoms with van der Waals surface area (Å²) in [7, 11) is 0. The van der Waals surface area contributed by atoms with E-state index in [1.54, 1.807) is 6.33 Å². The number of rotatable bonds is 5. The van der Waals surface area contributed by atoms with Crippen LogP contribution in [0, 0.1) is 0 Å². The standard InChI is InChI=1S/C14H17Cl2N3/c1-10(2)17-6-11-7-19(9-18-11)8-12-13(15)4-3-5-14(12)16/h3-5,7,9-10,17H,6,8H2,1-2H3. The van der Waals surface area contributed by atoms with Crippen molar-refractivity contribution in [2.45, 2.75) is 33.0 Å². The molecule has 0 aliphatic rings. The number of imidazole rings is 1. The summed E-state index contributed by atoms with van der Waals surface area (Å²) in [4.78, 5) is 4.36. The molecule has 2 rings (SSSR count). The van der Waals surface area contributed by atoms with Gasteiger partial charge in [-0.05, 0) is 12.1 Å². The first kappa shape index (κ1) is 14.4. The van der Waals surface area contributed by atoms with Crippen molar-refractivity contribution in [3.8, 4) is 0 Å². The van der Waals surface area contributed by atoms with E-state index in [1.807, 2.05) is 29.0 Å². The van der Waals surface area contributed by atoms with E-state index in [9.17, 15) is 0 Å². The Kier molecular flexibility index (Phi) is 4.86. The summed E-state index contributed by atoms with van der Waals surface area (Å²) in [5, 5.41) is 4.70. The van der Waals surface area contributed by atoms with Gasteiger partial charge >= 0.3 is 0 Å². The first-order valence-corrected chi connectivity index (χ1v) is 6.99. The summed E-state index contributed by atoms with van der Waals surface area (Å²) in [6.45, 7) is 5.62. The summed E-state index contributed by atoms with van der Waals surface area (Å²) in [5.41, 5.74) is 1.93. The van der Waals surface area contributed by atoms with Gasteiger partial charge in [0.15, 0.2) is 0 Å². The molecule has 102 valence electrons. The number of aromatic nitrogens is 2. The van der Waals surface area contributed by atoms with Crippen LogP contribution in [0.2, 0.25) is 10.0 Å². The highest BCUT2D eigenvalue weighted by atomic mass is 35.5. The first-order chi connectivity index (χ1) is 9.06. The molecule has 1 N–H and O–H groups in total. The van der Waals surface area contributed by atoms with E-state index in [0.29, 0.717) is 22.6 Å². The van der Waals surface area contributed by atoms with Gasteiger partial charge in [-0.3, -0.25) is 0 Å². The molecule has 0 amide bonds. The Hall–Kier alpha value is -1.03. The molecule has 0 radical (unpaired) electrons. The van der Waals surface area contributed by atoms with Crippen molar-refractivity contribution in [1.82, 2.24) is 14.9 Å². The van der Waals surface area contributed by atoms with Crippen LogP contribution in [0.25, 0.3) is 0 Å². The number of nitrogens with one attached hydrogen (secondary N) is 1. The molecule has 1 aromatic heterocycles. The van der Waals surface area contributed by atoms with Crippen LogP contribution in [-0.4, -0.2) is 15.6 Å². The average molecular weight is 298 g/mol. The van der Waals surface area contributed by atoms with Gasteiger partial charge in [-0.15, -0.1) is 0 Å². The number of hydrogen-bond acceptors (Lipinski definition) is 2. The molecule has 3 nitrogen and oxygen atoms in total. The lowest BCUT2D eigenvalue weighted by atomic mass is 10.2. The third kappa shape index (κ3) is 3.96. The van der Waals surface area contributed by atoms with E-state index in [-0.39, 0.29) is 0 Å². The second kappa shape index (κ2) is 6.42. The maximum Gasteiger partial charge on any atom is 0.0953 e. The van der Waals surface area contributed by atoms with Crippen LogP contribution in [-0.2, 0) is 13.1 Å². The third-order valence-electron chi connectivity index (χ3n) is 2.78. The minimum Gasteiger partial charge on any atom is -0.333 e. The highest BCUT2D eigenvalue weighted by molar-refractivity contribution is 6.35. The molecule has 19 heavy (non-hydrogen) atoms. The van der Waals surface area contributed by atoms with Crippen LogP contribution in [0.5, 0.6) is 0 Å². The van der Waals surface area contributed by atoms with Gasteiger partial charge in [0.2, 0.25) is 0 Å². The molecule has 2 aromatic rings. The SMILES string of the molecule is CC(C)NCc1cn(Cc2c(Cl)cccc2Cl)cn1. The molecular weight excluding hydrogens is 281 g/mol. The minimum absolute atomic E-state index is 0.447. The molecule has 0 fully saturated rings. The van der Waals surface area contributed by atoms with Crippen LogP contribution in [0.4, 0.5) is 0 Å². The van der Waals surface area contributed by atoms with Crippen molar-refractivity contribution in [1.29, 1.82) is 0 Å². The van der Waals surface area contributed by atoms with Crippen molar-refractivity contribution in [2.24, 2.45) is 0 Å². The van der Waals surface area contributed by atoms with Crippen molar-refractivity contribution >= 4 is 23.2 Å². The molecule has 5 heteroatoms. The normalized spacial score (nSPS) is 11.2. The van der Waals surface area contributed by atoms with Crippen LogP contribution >= 0.6 is 23.2 Å². The average Bonchev–Trinajstić information content (AvgIpc) is 2.79. The Morgan fingerprint density at radius 1 is 1.26 bits per heavy atom. The zero-order valence-electron chi connectivity index (χ0n) is 11.0. The Morgan fingerprint density at radius 2 is 1.95 bits per heavy atom. The smallest absolute Gasteiger partial charge is 0.0953 e. The van der Waals surface area contributed by atoms with Crippen molar-refractivity contribution in [2.75, 3.05) is 0 Å². The number of nitrogens with zero attached hydrogens (tertiary/aromatic N) is 2. The molecular formula is C14H17Cl2N3. The van der Waals surface area contributed by atoms with Crippen molar-refractivity contribution < 1.29 is 0 Å². The maximum atomic E-state index is 6.16. The van der Waals surface area contributed by atoms with E-state index in [1.165, 1.54) is 0 Å². The monoisotopic (exact) mass is 297 g/mol. The summed E-state index contributed by atoms with van der Waals surface area (Å²) >= 11 is 12.3. The highest BCUT2D eigenvalue weighted by Crippen LogP contribution is 2.25. The van der Waals surface area contributed by atoms with Gasteiger partial charge in [-0.25, -0.2) is 4.98 Å². The molecule has 0 saturated carbocycles. The fourth-order valence-electron chi connectivity index (χ4n) is 1.76. The Labute approximate surface area is 123 Å². The Morgan fingerprint density at radius 3 is 2.58 bits per heavy atom. The first-order valence-electron chi connectivity index (χ1n) is 6.23. The lowest BCUT2D eigenvalue weighted by Gasteiger charge is -2.07. The van der Waals surface area contributed by atoms with Gasteiger partial charge in [0.1, 0.15) is 0 Å². The number of halogens is 2. The molecule has 1 heterocycles. The van der Waals surface area contributed by atoms with Crippen LogP contribution in [0.3, 0.4) is 0 Å². The maximum absolute atomic E-state index is 6.16. The van der Waals surface area contributed by atoms with Gasteiger partial charge in [-0.2, -0.15) is 0 Å². The van der Waals surface area contributed by atoms with E-state index in [0.717, 1.165) is 17.8 Å². The zero-order chi connectivity index (χ0) is 13.8. The quantitative estimate of drug-likeness (QED) is 0.911. The number of hydrogen-bond donors (Lipinski definition) is 1. The van der Waals surface area contributed by atoms with E-state index < -0.39 is 0 Å². The molecule has 0 spiro atoms. The van der Waals surface area contributed by atoms with E-state index >= 15 is 0 Å². The predicted molar refractivity (Wildman–Crippen MR) is 79.8 cm³/mol. The highest BCUT2D eigenvalue weighted by Gasteiger charge is 2.07. The van der Waals surface area contributed by atoms with E-state index in [2.05, 4.69) is 24.1 Å². The fourth-order valence-corrected chi connectivity index (χ4v) is 2.28. The van der Waals surface area contributed by atoms with Gasteiger partial charge in [-0.1, -0.05) is 43.1 Å². The Balaban J connectivity index is 2.07. The van der Waals surface area contributed by atoms with Gasteiger partial charge < -0.3 is 9.88 Å². The molecule has 0 aliphatic heterocycles. The van der Waals surface area contributed by atoms with Crippen LogP contribution < -0.4 is 5.32 Å². The third-order valence-corrected chi connectivity index (χ3v) is 3.49. The second-order valence-corrected chi connectivity index (χ2v) is 5.59. The predicted octanol–water partition coefficient (Wildman–Crippen LogP) is 3.74. The summed E-state index contributed by atoms with van der Waals surface area (Å²) in [6, 6.07) is 5.99. The fraction of sp³-hybridized carbons (Fsp3) is 0.357. The number of benzene rings is 1. The van der Waals surface area contributed by atoms with Crippen LogP contribution in [0.1, 0.15) is 25.1 Å². The van der Waals surface area contributed by atoms with Crippen molar-refractivity contribution in [3.63, 3.8) is 0 Å².